The molecular weight excluding hydrogens is 605 g/mol. The van der Waals surface area contributed by atoms with Gasteiger partial charge in [-0.05, 0) is 61.7 Å². The molecule has 0 aliphatic carbocycles. The number of sulfonamides is 1. The molecule has 0 fully saturated rings. The molecule has 220 valence electrons. The summed E-state index contributed by atoms with van der Waals surface area (Å²) >= 11 is 19.3. The molecule has 41 heavy (non-hydrogen) atoms. The van der Waals surface area contributed by atoms with Gasteiger partial charge in [0.1, 0.15) is 12.6 Å². The van der Waals surface area contributed by atoms with Crippen LogP contribution in [0.4, 0.5) is 5.69 Å². The topological polar surface area (TPSA) is 86.8 Å². The highest BCUT2D eigenvalue weighted by Crippen LogP contribution is 2.30. The number of hydrogen-bond acceptors (Lipinski definition) is 4. The lowest BCUT2D eigenvalue weighted by Gasteiger charge is -2.33. The Morgan fingerprint density at radius 3 is 2.15 bits per heavy atom. The fourth-order valence-corrected chi connectivity index (χ4v) is 6.38. The maximum Gasteiger partial charge on any atom is 0.264 e. The van der Waals surface area contributed by atoms with Crippen molar-refractivity contribution in [3.8, 4) is 0 Å². The molecule has 0 aliphatic heterocycles. The van der Waals surface area contributed by atoms with Gasteiger partial charge in [-0.15, -0.1) is 0 Å². The van der Waals surface area contributed by atoms with Gasteiger partial charge in [0.25, 0.3) is 10.0 Å². The number of unbranched alkanes of at least 4 members (excludes halogenated alkanes) is 1. The van der Waals surface area contributed by atoms with E-state index in [4.69, 9.17) is 34.8 Å². The third kappa shape index (κ3) is 8.16. The maximum absolute atomic E-state index is 14.1. The molecule has 3 aromatic carbocycles. The Hall–Kier alpha value is -2.78. The molecule has 0 saturated carbocycles. The average molecular weight is 639 g/mol. The number of carbonyl (C=O) groups excluding carboxylic acids is 2. The highest BCUT2D eigenvalue weighted by atomic mass is 35.5. The van der Waals surface area contributed by atoms with E-state index < -0.39 is 28.5 Å². The van der Waals surface area contributed by atoms with Crippen molar-refractivity contribution in [3.63, 3.8) is 0 Å². The number of nitrogens with one attached hydrogen (secondary N) is 1. The highest BCUT2D eigenvalue weighted by Gasteiger charge is 2.34. The van der Waals surface area contributed by atoms with Gasteiger partial charge in [-0.2, -0.15) is 0 Å². The maximum atomic E-state index is 14.1. The zero-order chi connectivity index (χ0) is 30.2. The second kappa shape index (κ2) is 14.9. The van der Waals surface area contributed by atoms with Crippen molar-refractivity contribution in [2.75, 3.05) is 17.4 Å². The Morgan fingerprint density at radius 1 is 0.902 bits per heavy atom. The van der Waals surface area contributed by atoms with Crippen LogP contribution in [0.1, 0.15) is 44.2 Å². The normalized spacial score (nSPS) is 12.0. The zero-order valence-corrected chi connectivity index (χ0v) is 26.3. The van der Waals surface area contributed by atoms with Crippen molar-refractivity contribution in [3.05, 3.63) is 92.9 Å². The molecule has 7 nitrogen and oxygen atoms in total. The van der Waals surface area contributed by atoms with E-state index in [1.54, 1.807) is 62.4 Å². The lowest BCUT2D eigenvalue weighted by atomic mass is 10.1. The van der Waals surface area contributed by atoms with Crippen molar-refractivity contribution in [1.29, 1.82) is 0 Å². The van der Waals surface area contributed by atoms with Gasteiger partial charge in [0.15, 0.2) is 0 Å². The standard InChI is InChI=1S/C30H34Cl3N3O4S/c1-4-6-17-34-30(38)28(5-2)35(19-24-25(31)13-10-14-26(24)32)29(37)20-36(22-16-15-21(3)27(33)18-22)41(39,40)23-11-8-7-9-12-23/h7-16,18,28H,4-6,17,19-20H2,1-3H3,(H,34,38). The number of aryl methyl sites for hydroxylation is 1. The molecule has 2 amide bonds. The lowest BCUT2D eigenvalue weighted by molar-refractivity contribution is -0.140. The Labute approximate surface area is 257 Å². The summed E-state index contributed by atoms with van der Waals surface area (Å²) in [5.74, 6) is -0.942. The molecule has 3 aromatic rings. The summed E-state index contributed by atoms with van der Waals surface area (Å²) in [6, 6.07) is 16.7. The Morgan fingerprint density at radius 2 is 1.56 bits per heavy atom. The first-order valence-electron chi connectivity index (χ1n) is 13.3. The summed E-state index contributed by atoms with van der Waals surface area (Å²) < 4.78 is 28.8. The third-order valence-corrected chi connectivity index (χ3v) is 9.56. The Kier molecular flexibility index (Phi) is 11.9. The second-order valence-electron chi connectivity index (χ2n) is 9.55. The van der Waals surface area contributed by atoms with Crippen molar-refractivity contribution in [1.82, 2.24) is 10.2 Å². The molecule has 1 unspecified atom stereocenters. The highest BCUT2D eigenvalue weighted by molar-refractivity contribution is 7.92. The van der Waals surface area contributed by atoms with Gasteiger partial charge in [0, 0.05) is 33.7 Å². The van der Waals surface area contributed by atoms with E-state index in [0.717, 1.165) is 22.7 Å². The van der Waals surface area contributed by atoms with Gasteiger partial charge in [-0.25, -0.2) is 8.42 Å². The van der Waals surface area contributed by atoms with Crippen LogP contribution in [0.3, 0.4) is 0 Å². The van der Waals surface area contributed by atoms with E-state index in [-0.39, 0.29) is 29.5 Å². The molecule has 3 rings (SSSR count). The van der Waals surface area contributed by atoms with Crippen LogP contribution in [0.5, 0.6) is 0 Å². The first-order valence-corrected chi connectivity index (χ1v) is 15.9. The fraction of sp³-hybridized carbons (Fsp3) is 0.333. The zero-order valence-electron chi connectivity index (χ0n) is 23.2. The van der Waals surface area contributed by atoms with E-state index in [2.05, 4.69) is 5.32 Å². The molecule has 0 saturated heterocycles. The van der Waals surface area contributed by atoms with Crippen LogP contribution < -0.4 is 9.62 Å². The van der Waals surface area contributed by atoms with Crippen molar-refractivity contribution in [2.45, 2.75) is 57.5 Å². The van der Waals surface area contributed by atoms with Crippen LogP contribution in [0.15, 0.2) is 71.6 Å². The molecule has 1 N–H and O–H groups in total. The van der Waals surface area contributed by atoms with E-state index in [1.165, 1.54) is 23.1 Å². The molecule has 0 bridgehead atoms. The average Bonchev–Trinajstić information content (AvgIpc) is 2.95. The van der Waals surface area contributed by atoms with Gasteiger partial charge in [-0.3, -0.25) is 13.9 Å². The minimum Gasteiger partial charge on any atom is -0.354 e. The number of halogens is 3. The van der Waals surface area contributed by atoms with E-state index >= 15 is 0 Å². The molecule has 0 aromatic heterocycles. The predicted molar refractivity (Wildman–Crippen MR) is 166 cm³/mol. The molecule has 0 radical (unpaired) electrons. The predicted octanol–water partition coefficient (Wildman–Crippen LogP) is 6.87. The molecule has 0 spiro atoms. The number of nitrogens with zero attached hydrogens (tertiary/aromatic N) is 2. The lowest BCUT2D eigenvalue weighted by Crippen LogP contribution is -2.52. The van der Waals surface area contributed by atoms with Crippen LogP contribution in [0, 0.1) is 6.92 Å². The molecule has 0 aliphatic rings. The summed E-state index contributed by atoms with van der Waals surface area (Å²) in [5.41, 5.74) is 1.43. The summed E-state index contributed by atoms with van der Waals surface area (Å²) in [7, 11) is -4.20. The van der Waals surface area contributed by atoms with Gasteiger partial charge in [-0.1, -0.05) is 85.4 Å². The number of carbonyl (C=O) groups is 2. The quantitative estimate of drug-likeness (QED) is 0.207. The number of rotatable bonds is 13. The summed E-state index contributed by atoms with van der Waals surface area (Å²) in [6.45, 7) is 5.37. The van der Waals surface area contributed by atoms with E-state index in [0.29, 0.717) is 27.2 Å². The number of hydrogen-bond donors (Lipinski definition) is 1. The van der Waals surface area contributed by atoms with E-state index in [1.807, 2.05) is 6.92 Å². The number of benzene rings is 3. The third-order valence-electron chi connectivity index (χ3n) is 6.66. The first-order chi connectivity index (χ1) is 19.5. The Bertz CT molecular complexity index is 1450. The largest absolute Gasteiger partial charge is 0.354 e. The second-order valence-corrected chi connectivity index (χ2v) is 12.6. The minimum atomic E-state index is -4.20. The van der Waals surface area contributed by atoms with Crippen molar-refractivity contribution >= 4 is 62.3 Å². The van der Waals surface area contributed by atoms with Crippen LogP contribution in [-0.2, 0) is 26.2 Å². The van der Waals surface area contributed by atoms with Gasteiger partial charge in [0.05, 0.1) is 10.6 Å². The molecule has 11 heteroatoms. The summed E-state index contributed by atoms with van der Waals surface area (Å²) in [4.78, 5) is 28.8. The van der Waals surface area contributed by atoms with Crippen molar-refractivity contribution < 1.29 is 18.0 Å². The smallest absolute Gasteiger partial charge is 0.264 e. The monoisotopic (exact) mass is 637 g/mol. The minimum absolute atomic E-state index is 0.00884. The SMILES string of the molecule is CCCCNC(=O)C(CC)N(Cc1c(Cl)cccc1Cl)C(=O)CN(c1ccc(C)c(Cl)c1)S(=O)(=O)c1ccccc1. The van der Waals surface area contributed by atoms with Crippen molar-refractivity contribution in [2.24, 2.45) is 0 Å². The van der Waals surface area contributed by atoms with Crippen LogP contribution in [-0.4, -0.2) is 44.3 Å². The molecular formula is C30H34Cl3N3O4S. The first kappa shape index (κ1) is 32.7. The van der Waals surface area contributed by atoms with Crippen LogP contribution in [0.25, 0.3) is 0 Å². The van der Waals surface area contributed by atoms with Gasteiger partial charge >= 0.3 is 0 Å². The van der Waals surface area contributed by atoms with Crippen LogP contribution in [0.2, 0.25) is 15.1 Å². The fourth-order valence-electron chi connectivity index (χ4n) is 4.26. The van der Waals surface area contributed by atoms with E-state index in [9.17, 15) is 18.0 Å². The molecule has 1 atom stereocenters. The summed E-state index contributed by atoms with van der Waals surface area (Å²) in [5, 5.41) is 3.90. The van der Waals surface area contributed by atoms with Gasteiger partial charge < -0.3 is 10.2 Å². The van der Waals surface area contributed by atoms with Crippen LogP contribution >= 0.6 is 34.8 Å². The van der Waals surface area contributed by atoms with Gasteiger partial charge in [0.2, 0.25) is 11.8 Å². The number of anilines is 1. The Balaban J connectivity index is 2.09. The molecule has 0 heterocycles. The number of amides is 2. The summed E-state index contributed by atoms with van der Waals surface area (Å²) in [6.07, 6.45) is 1.96.